The van der Waals surface area contributed by atoms with Gasteiger partial charge in [-0.15, -0.1) is 0 Å². The molecule has 1 fully saturated rings. The third-order valence-electron chi connectivity index (χ3n) is 6.18. The van der Waals surface area contributed by atoms with E-state index in [9.17, 15) is 14.4 Å². The fourth-order valence-electron chi connectivity index (χ4n) is 4.58. The molecule has 0 N–H and O–H groups in total. The minimum Gasteiger partial charge on any atom is -0.444 e. The van der Waals surface area contributed by atoms with E-state index in [4.69, 9.17) is 4.74 Å². The van der Waals surface area contributed by atoms with Gasteiger partial charge in [-0.25, -0.2) is 4.79 Å². The summed E-state index contributed by atoms with van der Waals surface area (Å²) in [7, 11) is 0. The summed E-state index contributed by atoms with van der Waals surface area (Å²) in [5, 5.41) is 0. The molecule has 2 aromatic rings. The number of Topliss-reactive ketones (excluding diaryl/α,β-unsaturated/α-hetero) is 1. The highest BCUT2D eigenvalue weighted by Crippen LogP contribution is 2.38. The average Bonchev–Trinajstić information content (AvgIpc) is 3.35. The molecule has 0 unspecified atom stereocenters. The van der Waals surface area contributed by atoms with Crippen molar-refractivity contribution in [1.82, 2.24) is 14.4 Å². The molecule has 0 saturated carbocycles. The summed E-state index contributed by atoms with van der Waals surface area (Å²) in [6.07, 6.45) is 1.94. The quantitative estimate of drug-likeness (QED) is 0.686. The van der Waals surface area contributed by atoms with Crippen LogP contribution in [-0.4, -0.2) is 63.9 Å². The normalized spacial score (nSPS) is 20.7. The molecule has 2 aliphatic heterocycles. The Labute approximate surface area is 188 Å². The Morgan fingerprint density at radius 1 is 0.938 bits per heavy atom. The number of carbonyl (C=O) groups is 3. The number of rotatable bonds is 4. The number of benzene rings is 1. The molecule has 7 nitrogen and oxygen atoms in total. The fraction of sp³-hybridized carbons (Fsp3) is 0.480. The Bertz CT molecular complexity index is 984. The van der Waals surface area contributed by atoms with Crippen LogP contribution in [0.25, 0.3) is 0 Å². The highest BCUT2D eigenvalue weighted by molar-refractivity contribution is 5.97. The zero-order chi connectivity index (χ0) is 22.9. The average molecular weight is 438 g/mol. The number of ether oxygens (including phenoxy) is 1. The molecule has 1 saturated heterocycles. The summed E-state index contributed by atoms with van der Waals surface area (Å²) >= 11 is 0. The third kappa shape index (κ3) is 4.71. The van der Waals surface area contributed by atoms with Gasteiger partial charge in [0.1, 0.15) is 5.60 Å². The van der Waals surface area contributed by atoms with Crippen molar-refractivity contribution in [3.8, 4) is 0 Å². The highest BCUT2D eigenvalue weighted by Gasteiger charge is 2.41. The second-order valence-electron chi connectivity index (χ2n) is 9.58. The van der Waals surface area contributed by atoms with Crippen molar-refractivity contribution in [3.05, 3.63) is 59.9 Å². The van der Waals surface area contributed by atoms with Gasteiger partial charge in [-0.1, -0.05) is 30.3 Å². The molecule has 2 aliphatic rings. The smallest absolute Gasteiger partial charge is 0.410 e. The van der Waals surface area contributed by atoms with Crippen LogP contribution in [0.15, 0.2) is 48.7 Å². The van der Waals surface area contributed by atoms with Crippen LogP contribution in [0.5, 0.6) is 0 Å². The molecule has 32 heavy (non-hydrogen) atoms. The van der Waals surface area contributed by atoms with Crippen LogP contribution >= 0.6 is 0 Å². The van der Waals surface area contributed by atoms with E-state index < -0.39 is 5.60 Å². The van der Waals surface area contributed by atoms with Crippen LogP contribution in [0.2, 0.25) is 0 Å². The first-order valence-corrected chi connectivity index (χ1v) is 11.2. The number of hydrogen-bond donors (Lipinski definition) is 0. The van der Waals surface area contributed by atoms with Gasteiger partial charge < -0.3 is 19.1 Å². The molecular weight excluding hydrogens is 406 g/mol. The maximum absolute atomic E-state index is 13.5. The Kier molecular flexibility index (Phi) is 6.09. The maximum atomic E-state index is 13.5. The lowest BCUT2D eigenvalue weighted by atomic mass is 9.85. The van der Waals surface area contributed by atoms with Crippen LogP contribution in [-0.2, 0) is 16.1 Å². The van der Waals surface area contributed by atoms with E-state index in [0.717, 1.165) is 5.69 Å². The SMILES string of the molecule is CC(C)(C)OC(=O)N1CCN(C(=O)[C@H]2Cn3cccc3[C@H]2CC(=O)c2ccccc2)CC1. The molecule has 4 rings (SSSR count). The second kappa shape index (κ2) is 8.81. The Morgan fingerprint density at radius 2 is 1.59 bits per heavy atom. The Hall–Kier alpha value is -3.09. The summed E-state index contributed by atoms with van der Waals surface area (Å²) in [5.74, 6) is -0.303. The summed E-state index contributed by atoms with van der Waals surface area (Å²) < 4.78 is 7.54. The minimum atomic E-state index is -0.542. The van der Waals surface area contributed by atoms with Gasteiger partial charge in [-0.2, -0.15) is 0 Å². The van der Waals surface area contributed by atoms with Crippen molar-refractivity contribution in [2.45, 2.75) is 45.3 Å². The lowest BCUT2D eigenvalue weighted by Gasteiger charge is -2.37. The monoisotopic (exact) mass is 437 g/mol. The summed E-state index contributed by atoms with van der Waals surface area (Å²) in [6, 6.07) is 13.2. The van der Waals surface area contributed by atoms with Gasteiger partial charge in [0.15, 0.2) is 5.78 Å². The van der Waals surface area contributed by atoms with E-state index in [2.05, 4.69) is 4.57 Å². The predicted octanol–water partition coefficient (Wildman–Crippen LogP) is 3.55. The molecule has 0 aliphatic carbocycles. The van der Waals surface area contributed by atoms with Crippen LogP contribution in [0.3, 0.4) is 0 Å². The number of ketones is 1. The molecule has 0 bridgehead atoms. The van der Waals surface area contributed by atoms with E-state index in [0.29, 0.717) is 44.7 Å². The van der Waals surface area contributed by atoms with Crippen molar-refractivity contribution in [2.75, 3.05) is 26.2 Å². The number of nitrogens with zero attached hydrogens (tertiary/aromatic N) is 3. The molecule has 1 aromatic heterocycles. The largest absolute Gasteiger partial charge is 0.444 e. The molecular formula is C25H31N3O4. The van der Waals surface area contributed by atoms with Gasteiger partial charge in [0.2, 0.25) is 5.91 Å². The zero-order valence-electron chi connectivity index (χ0n) is 19.0. The first-order chi connectivity index (χ1) is 15.2. The lowest BCUT2D eigenvalue weighted by Crippen LogP contribution is -2.53. The van der Waals surface area contributed by atoms with Crippen molar-refractivity contribution in [3.63, 3.8) is 0 Å². The molecule has 3 heterocycles. The molecule has 0 radical (unpaired) electrons. The maximum Gasteiger partial charge on any atom is 0.410 e. The number of carbonyl (C=O) groups excluding carboxylic acids is 3. The summed E-state index contributed by atoms with van der Waals surface area (Å²) in [4.78, 5) is 42.2. The third-order valence-corrected chi connectivity index (χ3v) is 6.18. The molecule has 2 atom stereocenters. The van der Waals surface area contributed by atoms with Crippen molar-refractivity contribution < 1.29 is 19.1 Å². The predicted molar refractivity (Wildman–Crippen MR) is 120 cm³/mol. The number of hydrogen-bond acceptors (Lipinski definition) is 4. The Morgan fingerprint density at radius 3 is 2.25 bits per heavy atom. The molecule has 2 amide bonds. The standard InChI is InChI=1S/C25H31N3O4/c1-25(2,3)32-24(31)27-14-12-26(13-15-27)23(30)20-17-28-11-7-10-21(28)19(20)16-22(29)18-8-5-4-6-9-18/h4-11,19-20H,12-17H2,1-3H3/t19-,20-/m0/s1. The Balaban J connectivity index is 1.42. The van der Waals surface area contributed by atoms with E-state index >= 15 is 0 Å². The minimum absolute atomic E-state index is 0.0535. The van der Waals surface area contributed by atoms with Gasteiger partial charge in [-0.3, -0.25) is 9.59 Å². The van der Waals surface area contributed by atoms with E-state index in [-0.39, 0.29) is 29.6 Å². The number of piperazine rings is 1. The number of fused-ring (bicyclic) bond motifs is 1. The van der Waals surface area contributed by atoms with E-state index in [1.165, 1.54) is 0 Å². The van der Waals surface area contributed by atoms with E-state index in [1.807, 2.05) is 74.3 Å². The first-order valence-electron chi connectivity index (χ1n) is 11.2. The lowest BCUT2D eigenvalue weighted by molar-refractivity contribution is -0.138. The van der Waals surface area contributed by atoms with Crippen LogP contribution < -0.4 is 0 Å². The van der Waals surface area contributed by atoms with Crippen molar-refractivity contribution in [1.29, 1.82) is 0 Å². The van der Waals surface area contributed by atoms with Gasteiger partial charge in [0.05, 0.1) is 5.92 Å². The van der Waals surface area contributed by atoms with Crippen molar-refractivity contribution in [2.24, 2.45) is 5.92 Å². The van der Waals surface area contributed by atoms with Crippen LogP contribution in [0, 0.1) is 5.92 Å². The molecule has 1 aromatic carbocycles. The van der Waals surface area contributed by atoms with Gasteiger partial charge in [0, 0.05) is 62.5 Å². The topological polar surface area (TPSA) is 71.8 Å². The summed E-state index contributed by atoms with van der Waals surface area (Å²) in [5.41, 5.74) is 1.18. The highest BCUT2D eigenvalue weighted by atomic mass is 16.6. The van der Waals surface area contributed by atoms with Gasteiger partial charge >= 0.3 is 6.09 Å². The van der Waals surface area contributed by atoms with Crippen LogP contribution in [0.4, 0.5) is 4.79 Å². The fourth-order valence-corrected chi connectivity index (χ4v) is 4.58. The number of aromatic nitrogens is 1. The molecule has 170 valence electrons. The number of amides is 2. The van der Waals surface area contributed by atoms with Crippen LogP contribution in [0.1, 0.15) is 49.2 Å². The second-order valence-corrected chi connectivity index (χ2v) is 9.58. The zero-order valence-corrected chi connectivity index (χ0v) is 19.0. The van der Waals surface area contributed by atoms with E-state index in [1.54, 1.807) is 4.90 Å². The molecule has 7 heteroatoms. The van der Waals surface area contributed by atoms with Crippen molar-refractivity contribution >= 4 is 17.8 Å². The van der Waals surface area contributed by atoms with Gasteiger partial charge in [0.25, 0.3) is 0 Å². The van der Waals surface area contributed by atoms with Gasteiger partial charge in [-0.05, 0) is 32.9 Å². The first kappa shape index (κ1) is 22.1. The summed E-state index contributed by atoms with van der Waals surface area (Å²) in [6.45, 7) is 7.97. The molecule has 0 spiro atoms.